The number of rotatable bonds is 2. The molecule has 0 amide bonds. The number of benzene rings is 1. The van der Waals surface area contributed by atoms with Crippen LogP contribution in [0.5, 0.6) is 0 Å². The minimum Gasteiger partial charge on any atom is -0.249 e. The first-order valence-electron chi connectivity index (χ1n) is 4.02. The lowest BCUT2D eigenvalue weighted by atomic mass is 10.2. The Kier molecular flexibility index (Phi) is 2.58. The van der Waals surface area contributed by atoms with E-state index < -0.39 is 0 Å². The Bertz CT molecular complexity index is 428. The number of halogens is 2. The van der Waals surface area contributed by atoms with E-state index in [2.05, 4.69) is 26.0 Å². The van der Waals surface area contributed by atoms with Crippen molar-refractivity contribution in [2.45, 2.75) is 6.54 Å². The fraction of sp³-hybridized carbons (Fsp3) is 0.111. The van der Waals surface area contributed by atoms with Gasteiger partial charge in [-0.15, -0.1) is 0 Å². The first-order chi connectivity index (χ1) is 6.75. The van der Waals surface area contributed by atoms with Gasteiger partial charge >= 0.3 is 0 Å². The van der Waals surface area contributed by atoms with Crippen LogP contribution < -0.4 is 0 Å². The summed E-state index contributed by atoms with van der Waals surface area (Å²) in [7, 11) is 0. The topological polar surface area (TPSA) is 30.7 Å². The molecular weight excluding hydrogens is 249 g/mol. The van der Waals surface area contributed by atoms with E-state index in [1.807, 2.05) is 0 Å². The van der Waals surface area contributed by atoms with Crippen molar-refractivity contribution in [1.29, 1.82) is 0 Å². The molecule has 0 bridgehead atoms. The van der Waals surface area contributed by atoms with E-state index in [1.165, 1.54) is 12.4 Å². The maximum Gasteiger partial charge on any atom is 0.137 e. The second-order valence-electron chi connectivity index (χ2n) is 2.84. The van der Waals surface area contributed by atoms with Gasteiger partial charge in [-0.2, -0.15) is 5.10 Å². The lowest BCUT2D eigenvalue weighted by Gasteiger charge is -2.02. The third-order valence-corrected chi connectivity index (χ3v) is 2.40. The second kappa shape index (κ2) is 3.88. The van der Waals surface area contributed by atoms with Crippen molar-refractivity contribution in [1.82, 2.24) is 14.8 Å². The normalized spacial score (nSPS) is 10.4. The Morgan fingerprint density at radius 1 is 1.43 bits per heavy atom. The van der Waals surface area contributed by atoms with Crippen LogP contribution in [0.1, 0.15) is 5.56 Å². The molecule has 0 atom stereocenters. The monoisotopic (exact) mass is 255 g/mol. The molecule has 1 heterocycles. The predicted molar refractivity (Wildman–Crippen MR) is 53.2 cm³/mol. The molecular formula is C9H7BrFN3. The Hall–Kier alpha value is -1.23. The van der Waals surface area contributed by atoms with Crippen molar-refractivity contribution in [3.63, 3.8) is 0 Å². The maximum absolute atomic E-state index is 12.9. The largest absolute Gasteiger partial charge is 0.249 e. The summed E-state index contributed by atoms with van der Waals surface area (Å²) in [5.41, 5.74) is 0.976. The predicted octanol–water partition coefficient (Wildman–Crippen LogP) is 2.23. The zero-order valence-electron chi connectivity index (χ0n) is 7.19. The van der Waals surface area contributed by atoms with Gasteiger partial charge in [-0.1, -0.05) is 6.07 Å². The van der Waals surface area contributed by atoms with E-state index in [0.717, 1.165) is 5.56 Å². The molecule has 0 saturated heterocycles. The van der Waals surface area contributed by atoms with Gasteiger partial charge in [0.25, 0.3) is 0 Å². The first kappa shape index (κ1) is 9.33. The Balaban J connectivity index is 2.22. The molecule has 0 unspecified atom stereocenters. The van der Waals surface area contributed by atoms with Crippen molar-refractivity contribution >= 4 is 15.9 Å². The smallest absolute Gasteiger partial charge is 0.137 e. The van der Waals surface area contributed by atoms with Gasteiger partial charge in [0.05, 0.1) is 11.0 Å². The van der Waals surface area contributed by atoms with Crippen molar-refractivity contribution in [3.8, 4) is 0 Å². The summed E-state index contributed by atoms with van der Waals surface area (Å²) in [6.45, 7) is 0.596. The van der Waals surface area contributed by atoms with Crippen LogP contribution in [0.2, 0.25) is 0 Å². The highest BCUT2D eigenvalue weighted by Gasteiger charge is 2.01. The zero-order chi connectivity index (χ0) is 9.97. The summed E-state index contributed by atoms with van der Waals surface area (Å²) in [5.74, 6) is -0.257. The summed E-state index contributed by atoms with van der Waals surface area (Å²) in [6.07, 6.45) is 3.09. The van der Waals surface area contributed by atoms with Crippen molar-refractivity contribution < 1.29 is 4.39 Å². The molecule has 14 heavy (non-hydrogen) atoms. The van der Waals surface area contributed by atoms with Crippen molar-refractivity contribution in [2.75, 3.05) is 0 Å². The maximum atomic E-state index is 12.9. The number of aromatic nitrogens is 3. The van der Waals surface area contributed by atoms with Crippen LogP contribution in [0.15, 0.2) is 35.3 Å². The third-order valence-electron chi connectivity index (χ3n) is 1.80. The lowest BCUT2D eigenvalue weighted by molar-refractivity contribution is 0.617. The molecule has 2 rings (SSSR count). The molecule has 0 N–H and O–H groups in total. The number of hydrogen-bond donors (Lipinski definition) is 0. The molecule has 1 aromatic heterocycles. The van der Waals surface area contributed by atoms with Crippen LogP contribution in [0, 0.1) is 5.82 Å². The molecule has 0 aliphatic carbocycles. The van der Waals surface area contributed by atoms with Crippen LogP contribution in [0.3, 0.4) is 0 Å². The highest BCUT2D eigenvalue weighted by Crippen LogP contribution is 2.17. The van der Waals surface area contributed by atoms with Gasteiger partial charge < -0.3 is 0 Å². The fourth-order valence-corrected chi connectivity index (χ4v) is 1.57. The second-order valence-corrected chi connectivity index (χ2v) is 3.70. The van der Waals surface area contributed by atoms with E-state index in [4.69, 9.17) is 0 Å². The zero-order valence-corrected chi connectivity index (χ0v) is 8.78. The number of hydrogen-bond acceptors (Lipinski definition) is 2. The SMILES string of the molecule is Fc1ccc(Cn2cncn2)cc1Br. The van der Waals surface area contributed by atoms with E-state index in [1.54, 1.807) is 23.1 Å². The van der Waals surface area contributed by atoms with Crippen LogP contribution in [0.4, 0.5) is 4.39 Å². The highest BCUT2D eigenvalue weighted by molar-refractivity contribution is 9.10. The van der Waals surface area contributed by atoms with Gasteiger partial charge in [0.2, 0.25) is 0 Å². The number of nitrogens with zero attached hydrogens (tertiary/aromatic N) is 3. The molecule has 2 aromatic rings. The Morgan fingerprint density at radius 3 is 2.93 bits per heavy atom. The average molecular weight is 256 g/mol. The summed E-state index contributed by atoms with van der Waals surface area (Å²) in [5, 5.41) is 3.96. The average Bonchev–Trinajstić information content (AvgIpc) is 2.64. The van der Waals surface area contributed by atoms with Crippen molar-refractivity contribution in [3.05, 3.63) is 46.7 Å². The van der Waals surface area contributed by atoms with Gasteiger partial charge in [-0.3, -0.25) is 0 Å². The van der Waals surface area contributed by atoms with Gasteiger partial charge in [-0.25, -0.2) is 14.1 Å². The van der Waals surface area contributed by atoms with E-state index in [0.29, 0.717) is 11.0 Å². The van der Waals surface area contributed by atoms with Crippen molar-refractivity contribution in [2.24, 2.45) is 0 Å². The van der Waals surface area contributed by atoms with Crippen LogP contribution in [0.25, 0.3) is 0 Å². The highest BCUT2D eigenvalue weighted by atomic mass is 79.9. The van der Waals surface area contributed by atoms with E-state index in [9.17, 15) is 4.39 Å². The molecule has 0 radical (unpaired) electrons. The minimum atomic E-state index is -0.257. The van der Waals surface area contributed by atoms with Crippen LogP contribution in [-0.2, 0) is 6.54 Å². The van der Waals surface area contributed by atoms with E-state index >= 15 is 0 Å². The van der Waals surface area contributed by atoms with E-state index in [-0.39, 0.29) is 5.82 Å². The molecule has 1 aromatic carbocycles. The Labute approximate surface area is 88.7 Å². The molecule has 0 spiro atoms. The summed E-state index contributed by atoms with van der Waals surface area (Å²) >= 11 is 3.13. The molecule has 0 saturated carbocycles. The van der Waals surface area contributed by atoms with Gasteiger partial charge in [-0.05, 0) is 33.6 Å². The standard InChI is InChI=1S/C9H7BrFN3/c10-8-3-7(1-2-9(8)11)4-14-6-12-5-13-14/h1-3,5-6H,4H2. The molecule has 0 aliphatic heterocycles. The van der Waals surface area contributed by atoms with Crippen LogP contribution >= 0.6 is 15.9 Å². The quantitative estimate of drug-likeness (QED) is 0.824. The summed E-state index contributed by atoms with van der Waals surface area (Å²) in [6, 6.07) is 4.88. The molecule has 72 valence electrons. The molecule has 5 heteroatoms. The minimum absolute atomic E-state index is 0.257. The molecule has 0 fully saturated rings. The third kappa shape index (κ3) is 1.98. The first-order valence-corrected chi connectivity index (χ1v) is 4.81. The fourth-order valence-electron chi connectivity index (χ4n) is 1.14. The van der Waals surface area contributed by atoms with Gasteiger partial charge in [0, 0.05) is 0 Å². The molecule has 3 nitrogen and oxygen atoms in total. The molecule has 0 aliphatic rings. The van der Waals surface area contributed by atoms with Gasteiger partial charge in [0.1, 0.15) is 18.5 Å². The summed E-state index contributed by atoms with van der Waals surface area (Å²) in [4.78, 5) is 3.82. The summed E-state index contributed by atoms with van der Waals surface area (Å²) < 4.78 is 15.0. The van der Waals surface area contributed by atoms with Crippen LogP contribution in [-0.4, -0.2) is 14.8 Å². The van der Waals surface area contributed by atoms with Gasteiger partial charge in [0.15, 0.2) is 0 Å². The lowest BCUT2D eigenvalue weighted by Crippen LogP contribution is -2.00. The Morgan fingerprint density at radius 2 is 2.29 bits per heavy atom.